The van der Waals surface area contributed by atoms with Gasteiger partial charge in [-0.15, -0.1) is 0 Å². The van der Waals surface area contributed by atoms with Gasteiger partial charge in [-0.05, 0) is 48.5 Å². The number of hydrogen-bond donors (Lipinski definition) is 1. The molecule has 0 fully saturated rings. The Morgan fingerprint density at radius 1 is 0.840 bits per heavy atom. The molecule has 2 heterocycles. The van der Waals surface area contributed by atoms with Crippen LogP contribution in [0.3, 0.4) is 0 Å². The van der Waals surface area contributed by atoms with Gasteiger partial charge in [0.05, 0.1) is 5.57 Å². The number of furan rings is 1. The zero-order chi connectivity index (χ0) is 17.4. The van der Waals surface area contributed by atoms with Gasteiger partial charge >= 0.3 is 0 Å². The van der Waals surface area contributed by atoms with Crippen LogP contribution in [0.15, 0.2) is 65.1 Å². The Balaban J connectivity index is 1.74. The first kappa shape index (κ1) is 15.1. The molecular formula is C20H12FNO3. The number of nitrogens with one attached hydrogen (secondary N) is 1. The van der Waals surface area contributed by atoms with E-state index in [1.165, 1.54) is 12.1 Å². The summed E-state index contributed by atoms with van der Waals surface area (Å²) in [5, 5.41) is 2.32. The highest BCUT2D eigenvalue weighted by atomic mass is 19.1. The van der Waals surface area contributed by atoms with Gasteiger partial charge in [0.1, 0.15) is 17.3 Å². The van der Waals surface area contributed by atoms with E-state index < -0.39 is 11.8 Å². The van der Waals surface area contributed by atoms with E-state index in [-0.39, 0.29) is 5.82 Å². The largest absolute Gasteiger partial charge is 0.457 e. The van der Waals surface area contributed by atoms with Crippen molar-refractivity contribution in [3.05, 3.63) is 83.4 Å². The lowest BCUT2D eigenvalue weighted by molar-refractivity contribution is -0.114. The highest BCUT2D eigenvalue weighted by Gasteiger charge is 2.26. The molecule has 3 aromatic rings. The van der Waals surface area contributed by atoms with Crippen LogP contribution in [0, 0.1) is 5.82 Å². The second-order valence-electron chi connectivity index (χ2n) is 5.60. The van der Waals surface area contributed by atoms with Crippen LogP contribution < -0.4 is 5.32 Å². The summed E-state index contributed by atoms with van der Waals surface area (Å²) in [6, 6.07) is 16.3. The molecule has 2 aromatic carbocycles. The van der Waals surface area contributed by atoms with Crippen molar-refractivity contribution in [2.75, 3.05) is 0 Å². The zero-order valence-electron chi connectivity index (χ0n) is 13.0. The molecule has 0 spiro atoms. The van der Waals surface area contributed by atoms with Crippen molar-refractivity contribution < 1.29 is 18.4 Å². The van der Waals surface area contributed by atoms with Gasteiger partial charge in [0.2, 0.25) is 0 Å². The minimum absolute atomic E-state index is 0.321. The summed E-state index contributed by atoms with van der Waals surface area (Å²) in [5.41, 5.74) is 2.10. The highest BCUT2D eigenvalue weighted by Crippen LogP contribution is 2.28. The molecule has 0 radical (unpaired) electrons. The fourth-order valence-electron chi connectivity index (χ4n) is 2.76. The monoisotopic (exact) mass is 333 g/mol. The first-order valence-corrected chi connectivity index (χ1v) is 7.64. The zero-order valence-corrected chi connectivity index (χ0v) is 13.0. The van der Waals surface area contributed by atoms with Crippen LogP contribution in [0.2, 0.25) is 0 Å². The molecule has 0 unspecified atom stereocenters. The van der Waals surface area contributed by atoms with E-state index in [2.05, 4.69) is 5.32 Å². The fraction of sp³-hybridized carbons (Fsp3) is 0. The van der Waals surface area contributed by atoms with Crippen LogP contribution in [0.5, 0.6) is 0 Å². The topological polar surface area (TPSA) is 59.3 Å². The minimum atomic E-state index is -0.469. The molecule has 25 heavy (non-hydrogen) atoms. The van der Waals surface area contributed by atoms with Crippen LogP contribution in [0.1, 0.15) is 21.7 Å². The molecule has 1 aliphatic heterocycles. The average molecular weight is 333 g/mol. The van der Waals surface area contributed by atoms with E-state index >= 15 is 0 Å². The van der Waals surface area contributed by atoms with Crippen LogP contribution in [-0.2, 0) is 4.79 Å². The summed E-state index contributed by atoms with van der Waals surface area (Å²) in [7, 11) is 0. The lowest BCUT2D eigenvalue weighted by Crippen LogP contribution is -2.36. The second-order valence-corrected chi connectivity index (χ2v) is 5.60. The van der Waals surface area contributed by atoms with Gasteiger partial charge in [-0.1, -0.05) is 18.2 Å². The van der Waals surface area contributed by atoms with Crippen molar-refractivity contribution in [2.45, 2.75) is 0 Å². The first-order chi connectivity index (χ1) is 12.1. The van der Waals surface area contributed by atoms with Crippen molar-refractivity contribution in [3.63, 3.8) is 0 Å². The first-order valence-electron chi connectivity index (χ1n) is 7.64. The quantitative estimate of drug-likeness (QED) is 0.572. The Morgan fingerprint density at radius 3 is 2.32 bits per heavy atom. The molecule has 0 atom stereocenters. The van der Waals surface area contributed by atoms with Crippen molar-refractivity contribution in [1.82, 2.24) is 5.32 Å². The molecule has 122 valence electrons. The van der Waals surface area contributed by atoms with Crippen molar-refractivity contribution in [2.24, 2.45) is 0 Å². The summed E-state index contributed by atoms with van der Waals surface area (Å²) in [6.07, 6.45) is 1.59. The predicted molar refractivity (Wildman–Crippen MR) is 90.9 cm³/mol. The standard InChI is InChI=1S/C20H12FNO3/c21-13-7-5-12(6-8-13)18-10-9-14(25-18)11-17-15-3-1-2-4-16(15)19(23)22-20(17)24/h1-11H,(H,22,23,24)/b17-11+. The van der Waals surface area contributed by atoms with Crippen LogP contribution >= 0.6 is 0 Å². The van der Waals surface area contributed by atoms with Gasteiger partial charge in [0, 0.05) is 16.7 Å². The lowest BCUT2D eigenvalue weighted by atomic mass is 9.94. The van der Waals surface area contributed by atoms with E-state index in [9.17, 15) is 14.0 Å². The molecule has 4 rings (SSSR count). The molecule has 2 amide bonds. The number of fused-ring (bicyclic) bond motifs is 1. The molecule has 5 heteroatoms. The summed E-state index contributed by atoms with van der Waals surface area (Å²) in [6.45, 7) is 0. The van der Waals surface area contributed by atoms with E-state index in [0.29, 0.717) is 28.2 Å². The molecule has 0 aliphatic carbocycles. The summed E-state index contributed by atoms with van der Waals surface area (Å²) in [5.74, 6) is -0.175. The Bertz CT molecular complexity index is 1020. The maximum absolute atomic E-state index is 13.0. The van der Waals surface area contributed by atoms with Gasteiger partial charge in [-0.2, -0.15) is 0 Å². The number of halogens is 1. The number of rotatable bonds is 2. The Labute approximate surface area is 142 Å². The van der Waals surface area contributed by atoms with Crippen molar-refractivity contribution in [1.29, 1.82) is 0 Å². The van der Waals surface area contributed by atoms with Gasteiger partial charge in [0.15, 0.2) is 0 Å². The normalized spacial score (nSPS) is 15.2. The fourth-order valence-corrected chi connectivity index (χ4v) is 2.76. The van der Waals surface area contributed by atoms with Crippen molar-refractivity contribution in [3.8, 4) is 11.3 Å². The van der Waals surface area contributed by atoms with Gasteiger partial charge < -0.3 is 4.42 Å². The van der Waals surface area contributed by atoms with Crippen LogP contribution in [-0.4, -0.2) is 11.8 Å². The Morgan fingerprint density at radius 2 is 1.56 bits per heavy atom. The second kappa shape index (κ2) is 5.87. The van der Waals surface area contributed by atoms with Gasteiger partial charge in [-0.25, -0.2) is 4.39 Å². The lowest BCUT2D eigenvalue weighted by Gasteiger charge is -2.17. The van der Waals surface area contributed by atoms with E-state index in [4.69, 9.17) is 4.42 Å². The molecule has 1 aromatic heterocycles. The highest BCUT2D eigenvalue weighted by molar-refractivity contribution is 6.33. The summed E-state index contributed by atoms with van der Waals surface area (Å²) >= 11 is 0. The number of amides is 2. The number of imide groups is 1. The maximum Gasteiger partial charge on any atom is 0.258 e. The molecule has 4 nitrogen and oxygen atoms in total. The molecular weight excluding hydrogens is 321 g/mol. The SMILES string of the molecule is O=C1NC(=O)c2ccccc2/C1=C\c1ccc(-c2ccc(F)cc2)o1. The maximum atomic E-state index is 13.0. The molecule has 1 aliphatic rings. The molecule has 0 saturated carbocycles. The van der Waals surface area contributed by atoms with Crippen LogP contribution in [0.25, 0.3) is 23.0 Å². The Kier molecular flexibility index (Phi) is 3.54. The van der Waals surface area contributed by atoms with Gasteiger partial charge in [-0.3, -0.25) is 14.9 Å². The van der Waals surface area contributed by atoms with Gasteiger partial charge in [0.25, 0.3) is 11.8 Å². The number of carbonyl (C=O) groups excluding carboxylic acids is 2. The van der Waals surface area contributed by atoms with E-state index in [1.807, 2.05) is 0 Å². The Hall–Kier alpha value is -3.47. The van der Waals surface area contributed by atoms with Crippen LogP contribution in [0.4, 0.5) is 4.39 Å². The van der Waals surface area contributed by atoms with Crippen molar-refractivity contribution >= 4 is 23.5 Å². The summed E-state index contributed by atoms with van der Waals surface area (Å²) in [4.78, 5) is 24.1. The molecule has 1 N–H and O–H groups in total. The van der Waals surface area contributed by atoms with E-state index in [0.717, 1.165) is 5.56 Å². The number of carbonyl (C=O) groups is 2. The predicted octanol–water partition coefficient (Wildman–Crippen LogP) is 3.90. The summed E-state index contributed by atoms with van der Waals surface area (Å²) < 4.78 is 18.8. The molecule has 0 bridgehead atoms. The third kappa shape index (κ3) is 2.76. The minimum Gasteiger partial charge on any atom is -0.457 e. The third-order valence-corrected chi connectivity index (χ3v) is 3.98. The number of hydrogen-bond acceptors (Lipinski definition) is 3. The molecule has 0 saturated heterocycles. The van der Waals surface area contributed by atoms with E-state index in [1.54, 1.807) is 54.6 Å². The number of benzene rings is 2. The smallest absolute Gasteiger partial charge is 0.258 e. The average Bonchev–Trinajstić information content (AvgIpc) is 3.08. The third-order valence-electron chi connectivity index (χ3n) is 3.98.